The van der Waals surface area contributed by atoms with Crippen molar-refractivity contribution < 1.29 is 13.3 Å². The van der Waals surface area contributed by atoms with Crippen molar-refractivity contribution in [3.63, 3.8) is 0 Å². The molecule has 0 spiro atoms. The molecule has 0 aliphatic rings. The topological polar surface area (TPSA) is 57.5 Å². The fourth-order valence-corrected chi connectivity index (χ4v) is 0. The molecule has 0 bridgehead atoms. The van der Waals surface area contributed by atoms with Gasteiger partial charge >= 0.3 is 27.3 Å². The summed E-state index contributed by atoms with van der Waals surface area (Å²) in [6, 6.07) is 0. The molecule has 2 radical (unpaired) electrons. The van der Waals surface area contributed by atoms with Gasteiger partial charge < -0.3 is 0 Å². The fraction of sp³-hybridized carbons (Fsp3) is 0. The molecule has 38 valence electrons. The summed E-state index contributed by atoms with van der Waals surface area (Å²) < 4.78 is 24.0. The molecule has 2 N–H and O–H groups in total. The molecular formula is H4O3PbS2. The summed E-state index contributed by atoms with van der Waals surface area (Å²) >= 11 is 3.47. The van der Waals surface area contributed by atoms with Crippen LogP contribution in [0.3, 0.4) is 0 Å². The monoisotopic (exact) mass is 324 g/mol. The maximum atomic E-state index is 9.11. The van der Waals surface area contributed by atoms with Crippen LogP contribution < -0.4 is 0 Å². The van der Waals surface area contributed by atoms with Gasteiger partial charge in [-0.2, -0.15) is 4.21 Å². The summed E-state index contributed by atoms with van der Waals surface area (Å²) in [4.78, 5) is 0. The maximum absolute atomic E-state index is 9.11. The predicted octanol–water partition coefficient (Wildman–Crippen LogP) is -1.24. The molecule has 3 nitrogen and oxygen atoms in total. The zero-order chi connectivity index (χ0) is 4.50. The second kappa shape index (κ2) is 3.24. The second-order valence-corrected chi connectivity index (χ2v) is 2.65. The van der Waals surface area contributed by atoms with Crippen molar-refractivity contribution in [3.8, 4) is 0 Å². The minimum absolute atomic E-state index is 0. The average molecular weight is 323 g/mol. The van der Waals surface area contributed by atoms with Crippen molar-refractivity contribution in [2.75, 3.05) is 0 Å². The van der Waals surface area contributed by atoms with Gasteiger partial charge in [-0.25, -0.2) is 0 Å². The first kappa shape index (κ1) is 10.2. The molecule has 0 aromatic carbocycles. The molecule has 0 saturated carbocycles. The van der Waals surface area contributed by atoms with E-state index < -0.39 is 9.05 Å². The molecule has 0 rings (SSSR count). The van der Waals surface area contributed by atoms with E-state index in [4.69, 9.17) is 13.3 Å². The Bertz CT molecular complexity index is 92.0. The molecule has 0 heterocycles. The van der Waals surface area contributed by atoms with Crippen molar-refractivity contribution in [3.05, 3.63) is 0 Å². The third-order valence-electron chi connectivity index (χ3n) is 0. The van der Waals surface area contributed by atoms with Crippen LogP contribution >= 0.6 is 0 Å². The van der Waals surface area contributed by atoms with E-state index in [0.29, 0.717) is 0 Å². The van der Waals surface area contributed by atoms with Crippen LogP contribution in [0.4, 0.5) is 0 Å². The van der Waals surface area contributed by atoms with Crippen LogP contribution in [0.15, 0.2) is 0 Å². The standard InChI is InChI=1S/H2O3S2.Pb.2H/c1-5(2,3)4;;;/h(H2,1,2,3,4);;;. The van der Waals surface area contributed by atoms with E-state index in [-0.39, 0.29) is 27.3 Å². The van der Waals surface area contributed by atoms with E-state index >= 15 is 0 Å². The van der Waals surface area contributed by atoms with Crippen LogP contribution in [-0.2, 0) is 20.2 Å². The van der Waals surface area contributed by atoms with Gasteiger partial charge in [-0.3, -0.25) is 9.11 Å². The van der Waals surface area contributed by atoms with E-state index in [2.05, 4.69) is 11.2 Å². The Labute approximate surface area is 60.6 Å². The number of rotatable bonds is 0. The van der Waals surface area contributed by atoms with Crippen molar-refractivity contribution in [1.82, 2.24) is 0 Å². The molecule has 6 heteroatoms. The summed E-state index contributed by atoms with van der Waals surface area (Å²) in [5.74, 6) is 0. The van der Waals surface area contributed by atoms with Gasteiger partial charge in [0.15, 0.2) is 0 Å². The van der Waals surface area contributed by atoms with Crippen LogP contribution in [0.2, 0.25) is 0 Å². The van der Waals surface area contributed by atoms with Crippen LogP contribution in [0, 0.1) is 0 Å². The molecular weight excluding hydrogens is 319 g/mol. The molecule has 0 amide bonds. The van der Waals surface area contributed by atoms with E-state index in [1.54, 1.807) is 0 Å². The Kier molecular flexibility index (Phi) is 5.54. The SMILES string of the molecule is O=S(O)(O)=S.[PbH2]. The van der Waals surface area contributed by atoms with Crippen molar-refractivity contribution >= 4 is 47.5 Å². The third kappa shape index (κ3) is 62.9. The molecule has 0 aliphatic heterocycles. The van der Waals surface area contributed by atoms with Gasteiger partial charge in [-0.15, -0.1) is 0 Å². The molecule has 0 aliphatic carbocycles. The van der Waals surface area contributed by atoms with Gasteiger partial charge in [0.25, 0.3) is 9.05 Å². The Balaban J connectivity index is 0. The van der Waals surface area contributed by atoms with E-state index in [9.17, 15) is 0 Å². The van der Waals surface area contributed by atoms with Gasteiger partial charge in [0.1, 0.15) is 0 Å². The second-order valence-electron chi connectivity index (χ2n) is 0.448. The average Bonchev–Trinajstić information content (AvgIpc) is 0.722. The normalized spacial score (nSPS) is 9.67. The van der Waals surface area contributed by atoms with Crippen LogP contribution in [-0.4, -0.2) is 40.6 Å². The molecule has 0 unspecified atom stereocenters. The molecule has 0 fully saturated rings. The summed E-state index contributed by atoms with van der Waals surface area (Å²) in [5, 5.41) is 0. The van der Waals surface area contributed by atoms with E-state index in [1.165, 1.54) is 0 Å². The molecule has 0 atom stereocenters. The zero-order valence-corrected chi connectivity index (χ0v) is 9.96. The van der Waals surface area contributed by atoms with Gasteiger partial charge in [-0.1, -0.05) is 0 Å². The first-order valence-corrected chi connectivity index (χ1v) is 3.10. The molecule has 0 saturated heterocycles. The summed E-state index contributed by atoms with van der Waals surface area (Å²) in [6.45, 7) is 0. The van der Waals surface area contributed by atoms with Gasteiger partial charge in [0, 0.05) is 11.2 Å². The first-order chi connectivity index (χ1) is 2.00. The van der Waals surface area contributed by atoms with Crippen molar-refractivity contribution in [1.29, 1.82) is 0 Å². The number of hydrogen-bond donors (Lipinski definition) is 2. The molecule has 0 aromatic rings. The Morgan fingerprint density at radius 2 is 1.50 bits per heavy atom. The quantitative estimate of drug-likeness (QED) is 0.548. The summed E-state index contributed by atoms with van der Waals surface area (Å²) in [7, 11) is -3.83. The van der Waals surface area contributed by atoms with Gasteiger partial charge in [-0.05, 0) is 0 Å². The summed E-state index contributed by atoms with van der Waals surface area (Å²) in [5.41, 5.74) is 0. The van der Waals surface area contributed by atoms with Crippen molar-refractivity contribution in [2.24, 2.45) is 0 Å². The third-order valence-corrected chi connectivity index (χ3v) is 0. The first-order valence-electron chi connectivity index (χ1n) is 0.698. The van der Waals surface area contributed by atoms with Gasteiger partial charge in [0.05, 0.1) is 0 Å². The Morgan fingerprint density at radius 1 is 1.50 bits per heavy atom. The number of hydrogen-bond acceptors (Lipinski definition) is 2. The minimum atomic E-state index is -3.83. The van der Waals surface area contributed by atoms with Crippen LogP contribution in [0.5, 0.6) is 0 Å². The van der Waals surface area contributed by atoms with Gasteiger partial charge in [0.2, 0.25) is 0 Å². The fourth-order valence-electron chi connectivity index (χ4n) is 0. The van der Waals surface area contributed by atoms with E-state index in [1.807, 2.05) is 0 Å². The summed E-state index contributed by atoms with van der Waals surface area (Å²) in [6.07, 6.45) is 0. The predicted molar refractivity (Wildman–Crippen MR) is 29.3 cm³/mol. The van der Waals surface area contributed by atoms with E-state index in [0.717, 1.165) is 0 Å². The Morgan fingerprint density at radius 3 is 1.50 bits per heavy atom. The molecule has 6 heavy (non-hydrogen) atoms. The molecule has 0 aromatic heterocycles. The Hall–Kier alpha value is 1.21. The van der Waals surface area contributed by atoms with Crippen molar-refractivity contribution in [2.45, 2.75) is 0 Å². The van der Waals surface area contributed by atoms with Crippen LogP contribution in [0.25, 0.3) is 0 Å². The zero-order valence-electron chi connectivity index (χ0n) is 2.83. The van der Waals surface area contributed by atoms with Crippen LogP contribution in [0.1, 0.15) is 0 Å².